The van der Waals surface area contributed by atoms with Crippen molar-refractivity contribution in [2.24, 2.45) is 5.92 Å². The number of rotatable bonds is 3. The molecule has 146 valence electrons. The largest absolute Gasteiger partial charge is 0.315 e. The van der Waals surface area contributed by atoms with Gasteiger partial charge in [-0.3, -0.25) is 9.59 Å². The van der Waals surface area contributed by atoms with Crippen LogP contribution in [-0.2, 0) is 21.0 Å². The Balaban J connectivity index is 1.84. The zero-order valence-corrected chi connectivity index (χ0v) is 17.2. The van der Waals surface area contributed by atoms with Crippen molar-refractivity contribution < 1.29 is 14.0 Å². The van der Waals surface area contributed by atoms with Gasteiger partial charge in [-0.05, 0) is 29.8 Å². The van der Waals surface area contributed by atoms with Gasteiger partial charge < -0.3 is 9.80 Å². The van der Waals surface area contributed by atoms with Gasteiger partial charge in [0, 0.05) is 28.8 Å². The van der Waals surface area contributed by atoms with E-state index in [-0.39, 0.29) is 24.3 Å². The summed E-state index contributed by atoms with van der Waals surface area (Å²) in [4.78, 5) is 28.6. The van der Waals surface area contributed by atoms with E-state index < -0.39 is 10.7 Å². The Morgan fingerprint density at radius 2 is 2.04 bits per heavy atom. The minimum absolute atomic E-state index is 0.104. The second kappa shape index (κ2) is 7.08. The number of thioether (sulfide) groups is 1. The third-order valence-corrected chi connectivity index (χ3v) is 6.99. The van der Waals surface area contributed by atoms with Gasteiger partial charge in [0.15, 0.2) is 4.87 Å². The highest BCUT2D eigenvalue weighted by atomic mass is 35.5. The van der Waals surface area contributed by atoms with Crippen LogP contribution in [0.4, 0.5) is 10.1 Å². The smallest absolute Gasteiger partial charge is 0.268 e. The van der Waals surface area contributed by atoms with Gasteiger partial charge in [0.25, 0.3) is 5.91 Å². The molecule has 1 saturated heterocycles. The number of amides is 2. The summed E-state index contributed by atoms with van der Waals surface area (Å²) in [6.07, 6.45) is 0. The fourth-order valence-electron chi connectivity index (χ4n) is 3.87. The maximum Gasteiger partial charge on any atom is 0.268 e. The molecule has 0 saturated carbocycles. The van der Waals surface area contributed by atoms with E-state index in [9.17, 15) is 14.0 Å². The molecule has 2 amide bonds. The molecule has 0 radical (unpaired) electrons. The molecule has 1 spiro atoms. The van der Waals surface area contributed by atoms with Gasteiger partial charge in [0.05, 0.1) is 12.2 Å². The number of hydrogen-bond acceptors (Lipinski definition) is 3. The van der Waals surface area contributed by atoms with Crippen molar-refractivity contribution in [3.63, 3.8) is 0 Å². The Labute approximate surface area is 172 Å². The van der Waals surface area contributed by atoms with Gasteiger partial charge in [-0.15, -0.1) is 11.8 Å². The minimum Gasteiger partial charge on any atom is -0.315 e. The van der Waals surface area contributed by atoms with Crippen molar-refractivity contribution in [3.8, 4) is 0 Å². The third kappa shape index (κ3) is 2.81. The van der Waals surface area contributed by atoms with Gasteiger partial charge in [-0.2, -0.15) is 0 Å². The van der Waals surface area contributed by atoms with E-state index in [1.54, 1.807) is 21.9 Å². The summed E-state index contributed by atoms with van der Waals surface area (Å²) in [5, 5.41) is 0.564. The van der Waals surface area contributed by atoms with Crippen molar-refractivity contribution in [3.05, 3.63) is 64.4 Å². The maximum atomic E-state index is 14.2. The van der Waals surface area contributed by atoms with E-state index >= 15 is 0 Å². The van der Waals surface area contributed by atoms with Gasteiger partial charge in [-0.1, -0.05) is 43.6 Å². The first-order valence-electron chi connectivity index (χ1n) is 9.17. The van der Waals surface area contributed by atoms with Crippen LogP contribution in [0, 0.1) is 11.7 Å². The molecule has 0 bridgehead atoms. The van der Waals surface area contributed by atoms with E-state index in [0.29, 0.717) is 28.6 Å². The predicted molar refractivity (Wildman–Crippen MR) is 110 cm³/mol. The summed E-state index contributed by atoms with van der Waals surface area (Å²) < 4.78 is 14.2. The third-order valence-electron chi connectivity index (χ3n) is 5.20. The van der Waals surface area contributed by atoms with Crippen molar-refractivity contribution in [1.82, 2.24) is 4.90 Å². The molecule has 4 rings (SSSR count). The van der Waals surface area contributed by atoms with Gasteiger partial charge in [0.1, 0.15) is 5.82 Å². The lowest BCUT2D eigenvalue weighted by molar-refractivity contribution is -0.142. The Hall–Kier alpha value is -2.05. The molecule has 2 aromatic rings. The fraction of sp³-hybridized carbons (Fsp3) is 0.333. The molecule has 2 aliphatic rings. The minimum atomic E-state index is -1.21. The summed E-state index contributed by atoms with van der Waals surface area (Å²) in [5.41, 5.74) is 1.97. The molecular weight excluding hydrogens is 399 g/mol. The standard InChI is InChI=1S/C21H20ClFN2O2S/c1-13(2)19(26)25-9-10-28-21(25)16-11-15(23)7-8-18(16)24(20(21)27)12-14-5-3-4-6-17(14)22/h3-8,11,13H,9-10,12H2,1-2H3. The normalized spacial score (nSPS) is 21.1. The van der Waals surface area contributed by atoms with Crippen LogP contribution in [-0.4, -0.2) is 29.0 Å². The highest BCUT2D eigenvalue weighted by Crippen LogP contribution is 2.55. The summed E-state index contributed by atoms with van der Waals surface area (Å²) in [6, 6.07) is 11.7. The van der Waals surface area contributed by atoms with Crippen molar-refractivity contribution in [2.45, 2.75) is 25.3 Å². The number of anilines is 1. The lowest BCUT2D eigenvalue weighted by Gasteiger charge is -2.34. The van der Waals surface area contributed by atoms with E-state index in [0.717, 1.165) is 5.56 Å². The monoisotopic (exact) mass is 418 g/mol. The van der Waals surface area contributed by atoms with Crippen molar-refractivity contribution >= 4 is 40.9 Å². The molecule has 4 nitrogen and oxygen atoms in total. The Morgan fingerprint density at radius 3 is 2.75 bits per heavy atom. The lowest BCUT2D eigenvalue weighted by Crippen LogP contribution is -2.51. The van der Waals surface area contributed by atoms with Crippen LogP contribution in [0.2, 0.25) is 5.02 Å². The number of hydrogen-bond donors (Lipinski definition) is 0. The number of nitrogens with zero attached hydrogens (tertiary/aromatic N) is 2. The SMILES string of the molecule is CC(C)C(=O)N1CCSC12C(=O)N(Cc1ccccc1Cl)c1ccc(F)cc12. The Morgan fingerprint density at radius 1 is 1.29 bits per heavy atom. The maximum absolute atomic E-state index is 14.2. The molecule has 0 aromatic heterocycles. The number of carbonyl (C=O) groups excluding carboxylic acids is 2. The van der Waals surface area contributed by atoms with Gasteiger partial charge in [0.2, 0.25) is 5.91 Å². The number of fused-ring (bicyclic) bond motifs is 2. The summed E-state index contributed by atoms with van der Waals surface area (Å²) in [5.74, 6) is -0.370. The molecular formula is C21H20ClFN2O2S. The second-order valence-electron chi connectivity index (χ2n) is 7.28. The molecule has 1 atom stereocenters. The van der Waals surface area contributed by atoms with E-state index in [2.05, 4.69) is 0 Å². The number of benzene rings is 2. The molecule has 0 N–H and O–H groups in total. The van der Waals surface area contributed by atoms with Crippen molar-refractivity contribution in [1.29, 1.82) is 0 Å². The highest BCUT2D eigenvalue weighted by molar-refractivity contribution is 8.01. The summed E-state index contributed by atoms with van der Waals surface area (Å²) in [7, 11) is 0. The molecule has 2 aromatic carbocycles. The van der Waals surface area contributed by atoms with Crippen LogP contribution >= 0.6 is 23.4 Å². The summed E-state index contributed by atoms with van der Waals surface area (Å²) >= 11 is 7.71. The molecule has 0 aliphatic carbocycles. The van der Waals surface area contributed by atoms with Crippen LogP contribution in [0.1, 0.15) is 25.0 Å². The molecule has 1 unspecified atom stereocenters. The topological polar surface area (TPSA) is 40.6 Å². The fourth-order valence-corrected chi connectivity index (χ4v) is 5.53. The van der Waals surface area contributed by atoms with E-state index in [1.807, 2.05) is 32.0 Å². The van der Waals surface area contributed by atoms with Crippen molar-refractivity contribution in [2.75, 3.05) is 17.2 Å². The lowest BCUT2D eigenvalue weighted by atomic mass is 10.0. The van der Waals surface area contributed by atoms with Gasteiger partial charge in [-0.25, -0.2) is 4.39 Å². The van der Waals surface area contributed by atoms with Crippen LogP contribution in [0.25, 0.3) is 0 Å². The number of halogens is 2. The first-order valence-corrected chi connectivity index (χ1v) is 10.5. The van der Waals surface area contributed by atoms with Crippen LogP contribution in [0.15, 0.2) is 42.5 Å². The van der Waals surface area contributed by atoms with Crippen LogP contribution < -0.4 is 4.90 Å². The Bertz CT molecular complexity index is 967. The second-order valence-corrected chi connectivity index (χ2v) is 8.98. The molecule has 2 heterocycles. The van der Waals surface area contributed by atoms with Gasteiger partial charge >= 0.3 is 0 Å². The quantitative estimate of drug-likeness (QED) is 0.741. The predicted octanol–water partition coefficient (Wildman–Crippen LogP) is 4.41. The molecule has 28 heavy (non-hydrogen) atoms. The zero-order chi connectivity index (χ0) is 20.1. The molecule has 7 heteroatoms. The van der Waals surface area contributed by atoms with Crippen LogP contribution in [0.5, 0.6) is 0 Å². The zero-order valence-electron chi connectivity index (χ0n) is 15.6. The Kier molecular flexibility index (Phi) is 4.88. The molecule has 2 aliphatic heterocycles. The van der Waals surface area contributed by atoms with E-state index in [4.69, 9.17) is 11.6 Å². The van der Waals surface area contributed by atoms with Crippen LogP contribution in [0.3, 0.4) is 0 Å². The average Bonchev–Trinajstić information content (AvgIpc) is 3.20. The molecule has 1 fully saturated rings. The first kappa shape index (κ1) is 19.3. The summed E-state index contributed by atoms with van der Waals surface area (Å²) in [6.45, 7) is 4.35. The average molecular weight is 419 g/mol. The number of carbonyl (C=O) groups is 2. The van der Waals surface area contributed by atoms with E-state index in [1.165, 1.54) is 23.9 Å². The highest BCUT2D eigenvalue weighted by Gasteiger charge is 2.59. The first-order chi connectivity index (χ1) is 13.4.